The molecular formula is C10H14N2S. The molecule has 0 radical (unpaired) electrons. The van der Waals surface area contributed by atoms with Gasteiger partial charge >= 0.3 is 0 Å². The van der Waals surface area contributed by atoms with E-state index in [-0.39, 0.29) is 0 Å². The molecule has 0 saturated carbocycles. The fourth-order valence-corrected chi connectivity index (χ4v) is 1.77. The molecule has 0 unspecified atom stereocenters. The Morgan fingerprint density at radius 2 is 2.31 bits per heavy atom. The predicted octanol–water partition coefficient (Wildman–Crippen LogP) is 2.59. The minimum Gasteiger partial charge on any atom is -0.361 e. The van der Waals surface area contributed by atoms with Crippen molar-refractivity contribution in [2.75, 3.05) is 11.9 Å². The highest BCUT2D eigenvalue weighted by molar-refractivity contribution is 7.15. The van der Waals surface area contributed by atoms with Gasteiger partial charge < -0.3 is 5.32 Å². The van der Waals surface area contributed by atoms with Crippen molar-refractivity contribution in [3.05, 3.63) is 10.6 Å². The average molecular weight is 194 g/mol. The Kier molecular flexibility index (Phi) is 3.78. The summed E-state index contributed by atoms with van der Waals surface area (Å²) in [4.78, 5) is 5.64. The lowest BCUT2D eigenvalue weighted by molar-refractivity contribution is 0.904. The number of terminal acetylenes is 1. The van der Waals surface area contributed by atoms with E-state index in [2.05, 4.69) is 23.1 Å². The van der Waals surface area contributed by atoms with Crippen LogP contribution in [-0.2, 0) is 0 Å². The van der Waals surface area contributed by atoms with Crippen molar-refractivity contribution >= 4 is 16.5 Å². The first-order chi connectivity index (χ1) is 6.24. The van der Waals surface area contributed by atoms with Crippen LogP contribution in [0.3, 0.4) is 0 Å². The van der Waals surface area contributed by atoms with Crippen LogP contribution < -0.4 is 5.32 Å². The molecule has 70 valence electrons. The van der Waals surface area contributed by atoms with E-state index in [1.54, 1.807) is 11.3 Å². The summed E-state index contributed by atoms with van der Waals surface area (Å²) >= 11 is 1.70. The summed E-state index contributed by atoms with van der Waals surface area (Å²) in [6.45, 7) is 5.02. The summed E-state index contributed by atoms with van der Waals surface area (Å²) in [5.74, 6) is 2.61. The Hall–Kier alpha value is -1.01. The second-order valence-corrected chi connectivity index (χ2v) is 4.10. The van der Waals surface area contributed by atoms with Gasteiger partial charge in [-0.1, -0.05) is 0 Å². The molecule has 1 aromatic heterocycles. The van der Waals surface area contributed by atoms with Gasteiger partial charge in [0.05, 0.1) is 5.69 Å². The van der Waals surface area contributed by atoms with Crippen LogP contribution >= 0.6 is 11.3 Å². The van der Waals surface area contributed by atoms with Gasteiger partial charge in [-0.2, -0.15) is 0 Å². The van der Waals surface area contributed by atoms with E-state index in [9.17, 15) is 0 Å². The molecule has 0 aliphatic carbocycles. The van der Waals surface area contributed by atoms with Crippen molar-refractivity contribution in [1.29, 1.82) is 0 Å². The number of nitrogens with zero attached hydrogens (tertiary/aromatic N) is 1. The quantitative estimate of drug-likeness (QED) is 0.588. The molecule has 0 bridgehead atoms. The van der Waals surface area contributed by atoms with Crippen LogP contribution in [0.2, 0.25) is 0 Å². The first-order valence-corrected chi connectivity index (χ1v) is 5.17. The maximum atomic E-state index is 5.15. The summed E-state index contributed by atoms with van der Waals surface area (Å²) < 4.78 is 0. The van der Waals surface area contributed by atoms with E-state index in [0.717, 1.165) is 30.2 Å². The van der Waals surface area contributed by atoms with Gasteiger partial charge in [-0.25, -0.2) is 4.98 Å². The highest BCUT2D eigenvalue weighted by atomic mass is 32.1. The lowest BCUT2D eigenvalue weighted by Crippen LogP contribution is -2.00. The lowest BCUT2D eigenvalue weighted by atomic mass is 10.3. The normalized spacial score (nSPS) is 9.62. The zero-order valence-electron chi connectivity index (χ0n) is 8.05. The molecule has 0 amide bonds. The largest absolute Gasteiger partial charge is 0.361 e. The van der Waals surface area contributed by atoms with E-state index < -0.39 is 0 Å². The summed E-state index contributed by atoms with van der Waals surface area (Å²) in [5, 5.41) is 4.26. The zero-order valence-corrected chi connectivity index (χ0v) is 8.87. The summed E-state index contributed by atoms with van der Waals surface area (Å²) in [7, 11) is 0. The molecule has 0 aromatic carbocycles. The maximum absolute atomic E-state index is 5.15. The van der Waals surface area contributed by atoms with E-state index >= 15 is 0 Å². The van der Waals surface area contributed by atoms with Gasteiger partial charge in [0, 0.05) is 17.8 Å². The van der Waals surface area contributed by atoms with Crippen LogP contribution in [0.5, 0.6) is 0 Å². The van der Waals surface area contributed by atoms with Crippen molar-refractivity contribution in [1.82, 2.24) is 4.98 Å². The molecule has 1 rings (SSSR count). The number of anilines is 1. The molecule has 1 N–H and O–H groups in total. The SMILES string of the molecule is C#CCCCNc1nc(C)c(C)s1. The number of hydrogen-bond acceptors (Lipinski definition) is 3. The van der Waals surface area contributed by atoms with Gasteiger partial charge in [-0.3, -0.25) is 0 Å². The fraction of sp³-hybridized carbons (Fsp3) is 0.500. The number of aryl methyl sites for hydroxylation is 2. The first kappa shape index (κ1) is 10.1. The smallest absolute Gasteiger partial charge is 0.183 e. The van der Waals surface area contributed by atoms with Crippen LogP contribution in [0, 0.1) is 26.2 Å². The van der Waals surface area contributed by atoms with Crippen molar-refractivity contribution in [2.45, 2.75) is 26.7 Å². The molecule has 0 aliphatic heterocycles. The van der Waals surface area contributed by atoms with Crippen LogP contribution in [0.1, 0.15) is 23.4 Å². The van der Waals surface area contributed by atoms with Crippen LogP contribution in [0.25, 0.3) is 0 Å². The van der Waals surface area contributed by atoms with Gasteiger partial charge in [-0.05, 0) is 20.3 Å². The van der Waals surface area contributed by atoms with Gasteiger partial charge in [0.15, 0.2) is 5.13 Å². The van der Waals surface area contributed by atoms with Gasteiger partial charge in [0.1, 0.15) is 0 Å². The zero-order chi connectivity index (χ0) is 9.68. The third kappa shape index (κ3) is 3.08. The molecule has 0 spiro atoms. The van der Waals surface area contributed by atoms with Gasteiger partial charge in [0.25, 0.3) is 0 Å². The predicted molar refractivity (Wildman–Crippen MR) is 58.1 cm³/mol. The Morgan fingerprint density at radius 3 is 2.85 bits per heavy atom. The number of unbranched alkanes of at least 4 members (excludes halogenated alkanes) is 1. The number of hydrogen-bond donors (Lipinski definition) is 1. The Morgan fingerprint density at radius 1 is 1.54 bits per heavy atom. The van der Waals surface area contributed by atoms with E-state index in [0.29, 0.717) is 0 Å². The standard InChI is InChI=1S/C10H14N2S/c1-4-5-6-7-11-10-12-8(2)9(3)13-10/h1H,5-7H2,2-3H3,(H,11,12). The molecule has 0 saturated heterocycles. The van der Waals surface area contributed by atoms with Crippen LogP contribution in [-0.4, -0.2) is 11.5 Å². The molecule has 13 heavy (non-hydrogen) atoms. The number of nitrogens with one attached hydrogen (secondary N) is 1. The molecule has 1 heterocycles. The number of thiazole rings is 1. The average Bonchev–Trinajstić information content (AvgIpc) is 2.41. The molecule has 0 fully saturated rings. The monoisotopic (exact) mass is 194 g/mol. The third-order valence-corrected chi connectivity index (χ3v) is 2.83. The van der Waals surface area contributed by atoms with E-state index in [4.69, 9.17) is 6.42 Å². The van der Waals surface area contributed by atoms with Gasteiger partial charge in [0.2, 0.25) is 0 Å². The maximum Gasteiger partial charge on any atom is 0.183 e. The molecular weight excluding hydrogens is 180 g/mol. The third-order valence-electron chi connectivity index (χ3n) is 1.80. The molecule has 1 aromatic rings. The summed E-state index contributed by atoms with van der Waals surface area (Å²) in [6.07, 6.45) is 6.98. The van der Waals surface area contributed by atoms with Crippen LogP contribution in [0.4, 0.5) is 5.13 Å². The summed E-state index contributed by atoms with van der Waals surface area (Å²) in [5.41, 5.74) is 1.12. The molecule has 3 heteroatoms. The lowest BCUT2D eigenvalue weighted by Gasteiger charge is -1.98. The van der Waals surface area contributed by atoms with Crippen molar-refractivity contribution in [2.24, 2.45) is 0 Å². The molecule has 2 nitrogen and oxygen atoms in total. The van der Waals surface area contributed by atoms with Gasteiger partial charge in [-0.15, -0.1) is 23.7 Å². The second kappa shape index (κ2) is 4.88. The van der Waals surface area contributed by atoms with Crippen LogP contribution in [0.15, 0.2) is 0 Å². The highest BCUT2D eigenvalue weighted by Gasteiger charge is 2.01. The molecule has 0 atom stereocenters. The summed E-state index contributed by atoms with van der Waals surface area (Å²) in [6, 6.07) is 0. The Labute approximate surface area is 83.4 Å². The minimum atomic E-state index is 0.830. The first-order valence-electron chi connectivity index (χ1n) is 4.35. The van der Waals surface area contributed by atoms with Crippen molar-refractivity contribution in [3.8, 4) is 12.3 Å². The minimum absolute atomic E-state index is 0.830. The second-order valence-electron chi connectivity index (χ2n) is 2.90. The number of aromatic nitrogens is 1. The number of rotatable bonds is 4. The topological polar surface area (TPSA) is 24.9 Å². The highest BCUT2D eigenvalue weighted by Crippen LogP contribution is 2.20. The molecule has 0 aliphatic rings. The van der Waals surface area contributed by atoms with E-state index in [1.807, 2.05) is 6.92 Å². The van der Waals surface area contributed by atoms with Crippen molar-refractivity contribution < 1.29 is 0 Å². The van der Waals surface area contributed by atoms with Crippen molar-refractivity contribution in [3.63, 3.8) is 0 Å². The Balaban J connectivity index is 2.34. The van der Waals surface area contributed by atoms with E-state index in [1.165, 1.54) is 4.88 Å². The fourth-order valence-electron chi connectivity index (χ4n) is 0.934. The Bertz CT molecular complexity index is 290.